The summed E-state index contributed by atoms with van der Waals surface area (Å²) in [7, 11) is 0. The molecule has 1 aromatic rings. The van der Waals surface area contributed by atoms with Crippen LogP contribution in [-0.2, 0) is 0 Å². The maximum Gasteiger partial charge on any atom is 0.200 e. The van der Waals surface area contributed by atoms with Crippen LogP contribution in [0.25, 0.3) is 0 Å². The number of ketones is 2. The molecule has 1 atom stereocenters. The van der Waals surface area contributed by atoms with Gasteiger partial charge in [0.05, 0.1) is 4.91 Å². The molecule has 0 amide bonds. The molecule has 0 saturated heterocycles. The summed E-state index contributed by atoms with van der Waals surface area (Å²) >= 11 is 1.39. The second kappa shape index (κ2) is 23.7. The van der Waals surface area contributed by atoms with Crippen LogP contribution in [0.4, 0.5) is 0 Å². The molecule has 0 bridgehead atoms. The van der Waals surface area contributed by atoms with E-state index >= 15 is 0 Å². The summed E-state index contributed by atoms with van der Waals surface area (Å²) in [5.74, 6) is 1.67. The molecule has 49 heavy (non-hydrogen) atoms. The van der Waals surface area contributed by atoms with Crippen molar-refractivity contribution in [1.29, 1.82) is 0 Å². The molecule has 2 rings (SSSR count). The number of fused-ring (bicyclic) bond motifs is 1. The number of benzene rings is 1. The minimum Gasteiger partial charge on any atom is -0.289 e. The zero-order valence-electron chi connectivity index (χ0n) is 32.7. The fourth-order valence-electron chi connectivity index (χ4n) is 6.53. The Bertz CT molecular complexity index is 1390. The molecule has 3 heteroatoms. The lowest BCUT2D eigenvalue weighted by Crippen LogP contribution is -2.20. The molecule has 0 aliphatic heterocycles. The maximum atomic E-state index is 13.1. The lowest BCUT2D eigenvalue weighted by atomic mass is 9.87. The average molecular weight is 685 g/mol. The third-order valence-corrected chi connectivity index (χ3v) is 10.7. The predicted octanol–water partition coefficient (Wildman–Crippen LogP) is 14.6. The van der Waals surface area contributed by atoms with Gasteiger partial charge in [-0.25, -0.2) is 0 Å². The summed E-state index contributed by atoms with van der Waals surface area (Å²) in [5, 5.41) is 0. The molecule has 270 valence electrons. The molecule has 0 fully saturated rings. The predicted molar refractivity (Wildman–Crippen MR) is 218 cm³/mol. The van der Waals surface area contributed by atoms with Crippen molar-refractivity contribution in [3.05, 3.63) is 104 Å². The summed E-state index contributed by atoms with van der Waals surface area (Å²) < 4.78 is 0. The van der Waals surface area contributed by atoms with Crippen molar-refractivity contribution in [1.82, 2.24) is 0 Å². The van der Waals surface area contributed by atoms with E-state index in [1.54, 1.807) is 17.7 Å². The highest BCUT2D eigenvalue weighted by molar-refractivity contribution is 8.03. The number of hydrogen-bond donors (Lipinski definition) is 0. The number of thioether (sulfide) groups is 1. The Kier molecular flexibility index (Phi) is 20.6. The first-order valence-electron chi connectivity index (χ1n) is 19.2. The molecule has 0 aromatic heterocycles. The van der Waals surface area contributed by atoms with Crippen LogP contribution in [0.2, 0.25) is 0 Å². The van der Waals surface area contributed by atoms with E-state index in [9.17, 15) is 9.59 Å². The Labute approximate surface area is 305 Å². The van der Waals surface area contributed by atoms with Crippen LogP contribution in [0.3, 0.4) is 0 Å². The Morgan fingerprint density at radius 1 is 0.592 bits per heavy atom. The van der Waals surface area contributed by atoms with Crippen molar-refractivity contribution in [3.63, 3.8) is 0 Å². The molecule has 2 nitrogen and oxygen atoms in total. The lowest BCUT2D eigenvalue weighted by Gasteiger charge is -2.19. The normalized spacial score (nSPS) is 15.8. The van der Waals surface area contributed by atoms with Crippen LogP contribution >= 0.6 is 11.8 Å². The zero-order chi connectivity index (χ0) is 36.2. The summed E-state index contributed by atoms with van der Waals surface area (Å²) in [4.78, 5) is 26.7. The number of carbonyl (C=O) groups excluding carboxylic acids is 2. The van der Waals surface area contributed by atoms with Gasteiger partial charge < -0.3 is 0 Å². The molecule has 0 unspecified atom stereocenters. The summed E-state index contributed by atoms with van der Waals surface area (Å²) in [6, 6.07) is 7.18. The Morgan fingerprint density at radius 2 is 1.02 bits per heavy atom. The first-order valence-corrected chi connectivity index (χ1v) is 20.4. The van der Waals surface area contributed by atoms with Crippen molar-refractivity contribution in [2.24, 2.45) is 11.8 Å². The molecular weight excluding hydrogens is 617 g/mol. The Balaban J connectivity index is 1.65. The minimum absolute atomic E-state index is 0.00880. The van der Waals surface area contributed by atoms with E-state index < -0.39 is 0 Å². The highest BCUT2D eigenvalue weighted by Crippen LogP contribution is 2.33. The van der Waals surface area contributed by atoms with Gasteiger partial charge in [-0.1, -0.05) is 129 Å². The van der Waals surface area contributed by atoms with Crippen molar-refractivity contribution in [2.75, 3.05) is 6.26 Å². The van der Waals surface area contributed by atoms with E-state index in [2.05, 4.69) is 85.8 Å². The molecular formula is C46H68O2S. The first-order chi connectivity index (χ1) is 23.4. The minimum atomic E-state index is -0.0229. The third-order valence-electron chi connectivity index (χ3n) is 9.90. The van der Waals surface area contributed by atoms with Gasteiger partial charge in [-0.15, -0.1) is 11.8 Å². The molecule has 1 aliphatic rings. The highest BCUT2D eigenvalue weighted by Gasteiger charge is 2.30. The van der Waals surface area contributed by atoms with Crippen LogP contribution in [0.1, 0.15) is 172 Å². The number of allylic oxidation sites excluding steroid dienone is 12. The molecule has 0 heterocycles. The molecule has 0 saturated carbocycles. The topological polar surface area (TPSA) is 34.1 Å². The van der Waals surface area contributed by atoms with E-state index in [-0.39, 0.29) is 11.6 Å². The lowest BCUT2D eigenvalue weighted by molar-refractivity contribution is 0.0980. The Hall–Kier alpha value is -2.65. The van der Waals surface area contributed by atoms with E-state index in [0.29, 0.717) is 28.0 Å². The number of carbonyl (C=O) groups is 2. The highest BCUT2D eigenvalue weighted by atomic mass is 32.2. The van der Waals surface area contributed by atoms with Crippen LogP contribution in [0.5, 0.6) is 0 Å². The van der Waals surface area contributed by atoms with Gasteiger partial charge >= 0.3 is 0 Å². The SMILES string of the molecule is CSC1=C(CC=C(C)CCC=C(C)CCC=C(C)CCC=C(C)CCC=C(C)CCC[C@H](C)CCCC(C)C)C(=O)c2ccccc2C1=O. The van der Waals surface area contributed by atoms with E-state index in [1.165, 1.54) is 85.4 Å². The van der Waals surface area contributed by atoms with E-state index in [4.69, 9.17) is 0 Å². The molecule has 0 spiro atoms. The van der Waals surface area contributed by atoms with Crippen molar-refractivity contribution in [2.45, 2.75) is 152 Å². The van der Waals surface area contributed by atoms with E-state index in [0.717, 1.165) is 50.4 Å². The number of Topliss-reactive ketones (excluding diaryl/α,β-unsaturated/α-hetero) is 2. The molecule has 1 aromatic carbocycles. The summed E-state index contributed by atoms with van der Waals surface area (Å²) in [5.41, 5.74) is 8.97. The second-order valence-electron chi connectivity index (χ2n) is 15.1. The average Bonchev–Trinajstić information content (AvgIpc) is 3.05. The van der Waals surface area contributed by atoms with Crippen molar-refractivity contribution < 1.29 is 9.59 Å². The molecule has 0 radical (unpaired) electrons. The van der Waals surface area contributed by atoms with Crippen molar-refractivity contribution in [3.8, 4) is 0 Å². The van der Waals surface area contributed by atoms with Crippen LogP contribution in [-0.4, -0.2) is 17.8 Å². The van der Waals surface area contributed by atoms with Crippen LogP contribution in [0, 0.1) is 11.8 Å². The van der Waals surface area contributed by atoms with Crippen molar-refractivity contribution >= 4 is 23.3 Å². The molecule has 1 aliphatic carbocycles. The van der Waals surface area contributed by atoms with Gasteiger partial charge in [-0.3, -0.25) is 9.59 Å². The quantitative estimate of drug-likeness (QED) is 0.108. The standard InChI is InChI=1S/C46H68O2S/c1-34(2)18-12-19-35(3)20-13-21-36(4)22-14-23-37(5)24-15-25-38(6)26-16-27-39(7)28-17-29-40(8)32-33-43-44(47)41-30-10-11-31-42(41)45(48)46(43)49-9/h10-11,22,24,26,28,30-32,34-35H,12-21,23,25,27,29,33H2,1-9H3/t35-/m1/s1. The van der Waals surface area contributed by atoms with Gasteiger partial charge in [0, 0.05) is 16.7 Å². The second-order valence-corrected chi connectivity index (χ2v) is 16.0. The number of hydrogen-bond acceptors (Lipinski definition) is 3. The smallest absolute Gasteiger partial charge is 0.200 e. The fraction of sp³-hybridized carbons (Fsp3) is 0.565. The fourth-order valence-corrected chi connectivity index (χ4v) is 7.24. The van der Waals surface area contributed by atoms with Gasteiger partial charge in [0.2, 0.25) is 5.78 Å². The van der Waals surface area contributed by atoms with Gasteiger partial charge in [0.25, 0.3) is 0 Å². The maximum absolute atomic E-state index is 13.1. The van der Waals surface area contributed by atoms with E-state index in [1.807, 2.05) is 18.4 Å². The zero-order valence-corrected chi connectivity index (χ0v) is 33.5. The first kappa shape index (κ1) is 42.5. The summed E-state index contributed by atoms with van der Waals surface area (Å²) in [6.45, 7) is 18.3. The molecule has 0 N–H and O–H groups in total. The third kappa shape index (κ3) is 16.7. The van der Waals surface area contributed by atoms with Gasteiger partial charge in [-0.05, 0) is 123 Å². The van der Waals surface area contributed by atoms with Gasteiger partial charge in [-0.2, -0.15) is 0 Å². The van der Waals surface area contributed by atoms with Gasteiger partial charge in [0.1, 0.15) is 0 Å². The van der Waals surface area contributed by atoms with Gasteiger partial charge in [0.15, 0.2) is 5.78 Å². The Morgan fingerprint density at radius 3 is 1.49 bits per heavy atom. The summed E-state index contributed by atoms with van der Waals surface area (Å²) in [6.07, 6.45) is 31.1. The van der Waals surface area contributed by atoms with Crippen LogP contribution in [0.15, 0.2) is 93.0 Å². The monoisotopic (exact) mass is 684 g/mol. The van der Waals surface area contributed by atoms with Crippen LogP contribution < -0.4 is 0 Å². The largest absolute Gasteiger partial charge is 0.289 e. The number of rotatable bonds is 23.